The summed E-state index contributed by atoms with van der Waals surface area (Å²) in [6, 6.07) is 9.23. The van der Waals surface area contributed by atoms with Crippen molar-refractivity contribution in [3.63, 3.8) is 0 Å². The minimum atomic E-state index is -1.09. The molecular weight excluding hydrogens is 464 g/mol. The Kier molecular flexibility index (Phi) is 14.2. The van der Waals surface area contributed by atoms with Crippen LogP contribution in [-0.4, -0.2) is 46.8 Å². The lowest BCUT2D eigenvalue weighted by Gasteiger charge is -2.24. The number of primary amides is 1. The number of hydrogen-bond acceptors (Lipinski definition) is 6. The van der Waals surface area contributed by atoms with Gasteiger partial charge >= 0.3 is 18.0 Å². The molecule has 0 saturated carbocycles. The molecule has 0 saturated heterocycles. The van der Waals surface area contributed by atoms with Gasteiger partial charge in [0, 0.05) is 6.42 Å². The van der Waals surface area contributed by atoms with E-state index in [0.717, 1.165) is 38.5 Å². The number of carboxylic acid groups (broad SMARTS) is 1. The number of carbonyl (C=O) groups is 4. The summed E-state index contributed by atoms with van der Waals surface area (Å²) in [5.74, 6) is -2.33. The van der Waals surface area contributed by atoms with Gasteiger partial charge in [0.05, 0.1) is 6.42 Å². The van der Waals surface area contributed by atoms with E-state index in [1.54, 1.807) is 20.8 Å². The molecule has 36 heavy (non-hydrogen) atoms. The molecule has 0 unspecified atom stereocenters. The van der Waals surface area contributed by atoms with Crippen molar-refractivity contribution in [1.82, 2.24) is 5.32 Å². The molecule has 1 rings (SSSR count). The van der Waals surface area contributed by atoms with Crippen LogP contribution in [-0.2, 0) is 30.3 Å². The number of benzene rings is 1. The molecule has 0 bridgehead atoms. The van der Waals surface area contributed by atoms with E-state index in [-0.39, 0.29) is 25.7 Å². The van der Waals surface area contributed by atoms with Crippen molar-refractivity contribution in [3.05, 3.63) is 35.9 Å². The lowest BCUT2D eigenvalue weighted by atomic mass is 10.0. The van der Waals surface area contributed by atoms with E-state index in [9.17, 15) is 19.2 Å². The van der Waals surface area contributed by atoms with Gasteiger partial charge in [-0.25, -0.2) is 9.59 Å². The standard InChI is InChI=1S/C27H42N2O7/c1-27(2,3)36-26(34)29-22(17-12-18-24(31)32)25(33)35-21(19-23(28)30)16-11-6-4-5-8-13-20-14-9-7-10-15-20/h7,9-10,14-15,21-22H,4-6,8,11-13,16-19H2,1-3H3,(H2,28,30)(H,29,34)(H,31,32)/t21-,22-/m0/s1. The number of hydrogen-bond donors (Lipinski definition) is 3. The van der Waals surface area contributed by atoms with Crippen LogP contribution < -0.4 is 11.1 Å². The van der Waals surface area contributed by atoms with E-state index in [4.69, 9.17) is 20.3 Å². The van der Waals surface area contributed by atoms with Gasteiger partial charge in [-0.05, 0) is 64.9 Å². The summed E-state index contributed by atoms with van der Waals surface area (Å²) in [6.07, 6.45) is 4.86. The molecule has 4 N–H and O–H groups in total. The van der Waals surface area contributed by atoms with Crippen LogP contribution in [0, 0.1) is 0 Å². The highest BCUT2D eigenvalue weighted by atomic mass is 16.6. The Morgan fingerprint density at radius 1 is 0.944 bits per heavy atom. The summed E-state index contributed by atoms with van der Waals surface area (Å²) in [5.41, 5.74) is 5.90. The van der Waals surface area contributed by atoms with E-state index in [0.29, 0.717) is 6.42 Å². The molecule has 0 fully saturated rings. The van der Waals surface area contributed by atoms with Crippen LogP contribution >= 0.6 is 0 Å². The smallest absolute Gasteiger partial charge is 0.408 e. The van der Waals surface area contributed by atoms with Crippen LogP contribution in [0.25, 0.3) is 0 Å². The van der Waals surface area contributed by atoms with Gasteiger partial charge in [0.15, 0.2) is 0 Å². The zero-order valence-corrected chi connectivity index (χ0v) is 21.8. The molecule has 202 valence electrons. The fraction of sp³-hybridized carbons (Fsp3) is 0.630. The molecule has 0 aromatic heterocycles. The Hall–Kier alpha value is -3.10. The zero-order valence-electron chi connectivity index (χ0n) is 21.8. The molecule has 2 amide bonds. The Balaban J connectivity index is 2.55. The molecule has 0 aliphatic rings. The van der Waals surface area contributed by atoms with Crippen molar-refractivity contribution in [2.75, 3.05) is 0 Å². The number of carboxylic acids is 1. The fourth-order valence-electron chi connectivity index (χ4n) is 3.71. The Morgan fingerprint density at radius 3 is 2.19 bits per heavy atom. The van der Waals surface area contributed by atoms with E-state index < -0.39 is 41.7 Å². The maximum Gasteiger partial charge on any atom is 0.408 e. The third-order valence-corrected chi connectivity index (χ3v) is 5.40. The van der Waals surface area contributed by atoms with Gasteiger partial charge in [-0.2, -0.15) is 0 Å². The highest BCUT2D eigenvalue weighted by molar-refractivity contribution is 5.82. The Morgan fingerprint density at radius 2 is 1.58 bits per heavy atom. The minimum Gasteiger partial charge on any atom is -0.481 e. The molecule has 9 heteroatoms. The predicted octanol–water partition coefficient (Wildman–Crippen LogP) is 4.51. The van der Waals surface area contributed by atoms with Crippen molar-refractivity contribution in [3.8, 4) is 0 Å². The van der Waals surface area contributed by atoms with E-state index in [1.807, 2.05) is 18.2 Å². The molecule has 1 aromatic carbocycles. The largest absolute Gasteiger partial charge is 0.481 e. The van der Waals surface area contributed by atoms with Crippen LogP contribution in [0.5, 0.6) is 0 Å². The van der Waals surface area contributed by atoms with Crippen molar-refractivity contribution < 1.29 is 33.8 Å². The summed E-state index contributed by atoms with van der Waals surface area (Å²) < 4.78 is 10.7. The van der Waals surface area contributed by atoms with Gasteiger partial charge in [-0.15, -0.1) is 0 Å². The first-order valence-corrected chi connectivity index (χ1v) is 12.7. The van der Waals surface area contributed by atoms with E-state index in [2.05, 4.69) is 17.4 Å². The number of esters is 1. The van der Waals surface area contributed by atoms with Crippen molar-refractivity contribution in [2.24, 2.45) is 5.73 Å². The van der Waals surface area contributed by atoms with Crippen LogP contribution in [0.1, 0.15) is 90.5 Å². The average Bonchev–Trinajstić information content (AvgIpc) is 2.76. The molecule has 0 spiro atoms. The number of nitrogens with two attached hydrogens (primary N) is 1. The van der Waals surface area contributed by atoms with Gasteiger partial charge in [-0.1, -0.05) is 49.6 Å². The molecule has 2 atom stereocenters. The van der Waals surface area contributed by atoms with Crippen LogP contribution in [0.2, 0.25) is 0 Å². The predicted molar refractivity (Wildman–Crippen MR) is 136 cm³/mol. The molecular formula is C27H42N2O7. The number of unbranched alkanes of at least 4 members (excludes halogenated alkanes) is 4. The highest BCUT2D eigenvalue weighted by Gasteiger charge is 2.28. The monoisotopic (exact) mass is 506 g/mol. The van der Waals surface area contributed by atoms with E-state index >= 15 is 0 Å². The quantitative estimate of drug-likeness (QED) is 0.208. The first kappa shape index (κ1) is 30.9. The van der Waals surface area contributed by atoms with Crippen LogP contribution in [0.15, 0.2) is 30.3 Å². The fourth-order valence-corrected chi connectivity index (χ4v) is 3.71. The first-order chi connectivity index (χ1) is 17.0. The molecule has 0 heterocycles. The number of aliphatic carboxylic acids is 1. The maximum absolute atomic E-state index is 12.8. The lowest BCUT2D eigenvalue weighted by molar-refractivity contribution is -0.153. The van der Waals surface area contributed by atoms with Crippen molar-refractivity contribution >= 4 is 23.9 Å². The SMILES string of the molecule is CC(C)(C)OC(=O)N[C@@H](CCCC(=O)O)C(=O)O[C@@H](CCCCCCCc1ccccc1)CC(N)=O. The third kappa shape index (κ3) is 15.7. The van der Waals surface area contributed by atoms with Gasteiger partial charge in [-0.3, -0.25) is 9.59 Å². The molecule has 0 aliphatic carbocycles. The number of amides is 2. The summed E-state index contributed by atoms with van der Waals surface area (Å²) >= 11 is 0. The van der Waals surface area contributed by atoms with Gasteiger partial charge < -0.3 is 25.6 Å². The Bertz CT molecular complexity index is 821. The number of aryl methyl sites for hydroxylation is 1. The average molecular weight is 507 g/mol. The van der Waals surface area contributed by atoms with Crippen LogP contribution in [0.4, 0.5) is 4.79 Å². The number of nitrogens with one attached hydrogen (secondary N) is 1. The van der Waals surface area contributed by atoms with Gasteiger partial charge in [0.25, 0.3) is 0 Å². The summed E-state index contributed by atoms with van der Waals surface area (Å²) in [7, 11) is 0. The summed E-state index contributed by atoms with van der Waals surface area (Å²) in [5, 5.41) is 11.4. The summed E-state index contributed by atoms with van der Waals surface area (Å²) in [4.78, 5) is 47.4. The molecule has 9 nitrogen and oxygen atoms in total. The number of ether oxygens (including phenoxy) is 2. The topological polar surface area (TPSA) is 145 Å². The third-order valence-electron chi connectivity index (χ3n) is 5.40. The molecule has 0 radical (unpaired) electrons. The zero-order chi connectivity index (χ0) is 27.0. The highest BCUT2D eigenvalue weighted by Crippen LogP contribution is 2.16. The van der Waals surface area contributed by atoms with Gasteiger partial charge in [0.1, 0.15) is 17.7 Å². The van der Waals surface area contributed by atoms with Crippen molar-refractivity contribution in [1.29, 1.82) is 0 Å². The molecule has 0 aliphatic heterocycles. The second kappa shape index (κ2) is 16.5. The second-order valence-corrected chi connectivity index (χ2v) is 10.0. The van der Waals surface area contributed by atoms with Crippen LogP contribution in [0.3, 0.4) is 0 Å². The summed E-state index contributed by atoms with van der Waals surface area (Å²) in [6.45, 7) is 5.07. The minimum absolute atomic E-state index is 0.0646. The number of rotatable bonds is 17. The lowest BCUT2D eigenvalue weighted by Crippen LogP contribution is -2.45. The Labute approximate surface area is 214 Å². The van der Waals surface area contributed by atoms with Crippen molar-refractivity contribution in [2.45, 2.75) is 109 Å². The normalized spacial score (nSPS) is 12.9. The number of alkyl carbamates (subject to hydrolysis) is 1. The second-order valence-electron chi connectivity index (χ2n) is 10.0. The molecule has 1 aromatic rings. The number of carbonyl (C=O) groups excluding carboxylic acids is 3. The first-order valence-electron chi connectivity index (χ1n) is 12.7. The van der Waals surface area contributed by atoms with E-state index in [1.165, 1.54) is 5.56 Å². The van der Waals surface area contributed by atoms with Gasteiger partial charge in [0.2, 0.25) is 5.91 Å². The maximum atomic E-state index is 12.8.